The standard InChI is InChI=1S/C15H14BrN3O5S/c1-18-6-7-24-15-5-3-11(9-14(15)18)25(22,23)17-13-8-10(19(20)21)2-4-12(13)16/h2-5,8-9,17H,6-7H2,1H3. The lowest BCUT2D eigenvalue weighted by Gasteiger charge is -2.28. The van der Waals surface area contributed by atoms with Crippen LogP contribution in [0.15, 0.2) is 45.8 Å². The van der Waals surface area contributed by atoms with Gasteiger partial charge in [0.25, 0.3) is 15.7 Å². The number of nitrogens with one attached hydrogen (secondary N) is 1. The molecule has 0 unspecified atom stereocenters. The summed E-state index contributed by atoms with van der Waals surface area (Å²) in [6, 6.07) is 8.42. The molecule has 0 aliphatic carbocycles. The van der Waals surface area contributed by atoms with Crippen LogP contribution in [0.4, 0.5) is 17.1 Å². The number of hydrogen-bond acceptors (Lipinski definition) is 6. The number of halogens is 1. The van der Waals surface area contributed by atoms with Gasteiger partial charge in [-0.2, -0.15) is 0 Å². The van der Waals surface area contributed by atoms with Crippen LogP contribution in [0.2, 0.25) is 0 Å². The number of nitrogens with zero attached hydrogens (tertiary/aromatic N) is 2. The molecule has 0 radical (unpaired) electrons. The first-order valence-corrected chi connectivity index (χ1v) is 9.50. The van der Waals surface area contributed by atoms with Crippen molar-refractivity contribution in [3.63, 3.8) is 0 Å². The molecule has 0 saturated carbocycles. The maximum Gasteiger partial charge on any atom is 0.271 e. The van der Waals surface area contributed by atoms with Gasteiger partial charge in [0.1, 0.15) is 12.4 Å². The van der Waals surface area contributed by atoms with E-state index in [0.717, 1.165) is 6.07 Å². The van der Waals surface area contributed by atoms with Gasteiger partial charge in [-0.3, -0.25) is 14.8 Å². The lowest BCUT2D eigenvalue weighted by molar-refractivity contribution is -0.384. The number of non-ortho nitro benzene ring substituents is 1. The summed E-state index contributed by atoms with van der Waals surface area (Å²) in [5.74, 6) is 0.615. The molecule has 1 aliphatic rings. The van der Waals surface area contributed by atoms with Crippen molar-refractivity contribution in [3.05, 3.63) is 51.0 Å². The van der Waals surface area contributed by atoms with E-state index in [9.17, 15) is 18.5 Å². The summed E-state index contributed by atoms with van der Waals surface area (Å²) in [4.78, 5) is 12.2. The topological polar surface area (TPSA) is 102 Å². The van der Waals surface area contributed by atoms with Gasteiger partial charge in [-0.15, -0.1) is 0 Å². The second-order valence-electron chi connectivity index (χ2n) is 5.43. The Kier molecular flexibility index (Phi) is 4.56. The number of rotatable bonds is 4. The summed E-state index contributed by atoms with van der Waals surface area (Å²) in [6.07, 6.45) is 0. The van der Waals surface area contributed by atoms with Crippen molar-refractivity contribution in [2.75, 3.05) is 29.8 Å². The van der Waals surface area contributed by atoms with Crippen LogP contribution in [0.1, 0.15) is 0 Å². The van der Waals surface area contributed by atoms with Gasteiger partial charge in [0.2, 0.25) is 0 Å². The van der Waals surface area contributed by atoms with E-state index in [2.05, 4.69) is 20.7 Å². The Labute approximate surface area is 152 Å². The minimum Gasteiger partial charge on any atom is -0.490 e. The molecule has 0 bridgehead atoms. The highest BCUT2D eigenvalue weighted by molar-refractivity contribution is 9.10. The van der Waals surface area contributed by atoms with E-state index < -0.39 is 14.9 Å². The quantitative estimate of drug-likeness (QED) is 0.594. The third-order valence-corrected chi connectivity index (χ3v) is 5.80. The number of anilines is 2. The Morgan fingerprint density at radius 3 is 2.76 bits per heavy atom. The number of fused-ring (bicyclic) bond motifs is 1. The van der Waals surface area contributed by atoms with Crippen molar-refractivity contribution in [2.24, 2.45) is 0 Å². The van der Waals surface area contributed by atoms with Crippen molar-refractivity contribution in [2.45, 2.75) is 4.90 Å². The van der Waals surface area contributed by atoms with Crippen LogP contribution >= 0.6 is 15.9 Å². The first-order chi connectivity index (χ1) is 11.8. The first kappa shape index (κ1) is 17.5. The molecule has 2 aromatic carbocycles. The van der Waals surface area contributed by atoms with E-state index in [1.54, 1.807) is 6.07 Å². The predicted molar refractivity (Wildman–Crippen MR) is 96.8 cm³/mol. The second-order valence-corrected chi connectivity index (χ2v) is 7.96. The molecule has 0 saturated heterocycles. The molecular weight excluding hydrogens is 414 g/mol. The molecule has 0 spiro atoms. The average Bonchev–Trinajstić information content (AvgIpc) is 2.56. The van der Waals surface area contributed by atoms with Gasteiger partial charge < -0.3 is 9.64 Å². The van der Waals surface area contributed by atoms with E-state index >= 15 is 0 Å². The number of likely N-dealkylation sites (N-methyl/N-ethyl adjacent to an activating group) is 1. The Morgan fingerprint density at radius 1 is 1.28 bits per heavy atom. The van der Waals surface area contributed by atoms with Crippen LogP contribution in [0, 0.1) is 10.1 Å². The Hall–Kier alpha value is -2.33. The fraction of sp³-hybridized carbons (Fsp3) is 0.200. The summed E-state index contributed by atoms with van der Waals surface area (Å²) >= 11 is 3.20. The molecule has 25 heavy (non-hydrogen) atoms. The molecule has 1 aliphatic heterocycles. The van der Waals surface area contributed by atoms with E-state index in [1.165, 1.54) is 24.3 Å². The van der Waals surface area contributed by atoms with Crippen LogP contribution in [0.3, 0.4) is 0 Å². The van der Waals surface area contributed by atoms with E-state index in [4.69, 9.17) is 4.74 Å². The van der Waals surface area contributed by atoms with Crippen molar-refractivity contribution in [3.8, 4) is 5.75 Å². The zero-order chi connectivity index (χ0) is 18.2. The van der Waals surface area contributed by atoms with Crippen molar-refractivity contribution >= 4 is 43.0 Å². The largest absolute Gasteiger partial charge is 0.490 e. The number of benzene rings is 2. The number of ether oxygens (including phenoxy) is 1. The zero-order valence-electron chi connectivity index (χ0n) is 13.1. The van der Waals surface area contributed by atoms with Crippen LogP contribution < -0.4 is 14.4 Å². The summed E-state index contributed by atoms with van der Waals surface area (Å²) in [6.45, 7) is 1.19. The van der Waals surface area contributed by atoms with E-state index in [-0.39, 0.29) is 16.3 Å². The molecule has 132 valence electrons. The van der Waals surface area contributed by atoms with Crippen LogP contribution in [-0.2, 0) is 10.0 Å². The number of hydrogen-bond donors (Lipinski definition) is 1. The molecule has 8 nitrogen and oxygen atoms in total. The van der Waals surface area contributed by atoms with Crippen LogP contribution in [-0.4, -0.2) is 33.5 Å². The molecule has 0 fully saturated rings. The van der Waals surface area contributed by atoms with Gasteiger partial charge >= 0.3 is 0 Å². The summed E-state index contributed by atoms with van der Waals surface area (Å²) in [5, 5.41) is 10.9. The number of nitro benzene ring substituents is 1. The predicted octanol–water partition coefficient (Wildman–Crippen LogP) is 2.99. The van der Waals surface area contributed by atoms with Gasteiger partial charge in [-0.1, -0.05) is 0 Å². The maximum atomic E-state index is 12.7. The minimum absolute atomic E-state index is 0.0435. The van der Waals surface area contributed by atoms with Crippen molar-refractivity contribution in [1.29, 1.82) is 0 Å². The molecule has 10 heteroatoms. The summed E-state index contributed by atoms with van der Waals surface area (Å²) < 4.78 is 33.6. The van der Waals surface area contributed by atoms with E-state index in [1.807, 2.05) is 11.9 Å². The fourth-order valence-electron chi connectivity index (χ4n) is 2.41. The lowest BCUT2D eigenvalue weighted by atomic mass is 10.2. The lowest BCUT2D eigenvalue weighted by Crippen LogP contribution is -2.29. The van der Waals surface area contributed by atoms with Crippen LogP contribution in [0.5, 0.6) is 5.75 Å². The van der Waals surface area contributed by atoms with Crippen LogP contribution in [0.25, 0.3) is 0 Å². The van der Waals surface area contributed by atoms with Crippen molar-refractivity contribution < 1.29 is 18.1 Å². The first-order valence-electron chi connectivity index (χ1n) is 7.23. The highest BCUT2D eigenvalue weighted by Gasteiger charge is 2.22. The number of sulfonamides is 1. The Balaban J connectivity index is 1.97. The maximum absolute atomic E-state index is 12.7. The molecule has 1 N–H and O–H groups in total. The molecule has 0 amide bonds. The zero-order valence-corrected chi connectivity index (χ0v) is 15.5. The van der Waals surface area contributed by atoms with Crippen molar-refractivity contribution in [1.82, 2.24) is 0 Å². The van der Waals surface area contributed by atoms with Gasteiger partial charge in [0, 0.05) is 23.7 Å². The third kappa shape index (κ3) is 3.54. The third-order valence-electron chi connectivity index (χ3n) is 3.74. The molecule has 2 aromatic rings. The summed E-state index contributed by atoms with van der Waals surface area (Å²) in [5.41, 5.74) is 0.559. The Morgan fingerprint density at radius 2 is 2.04 bits per heavy atom. The monoisotopic (exact) mass is 427 g/mol. The summed E-state index contributed by atoms with van der Waals surface area (Å²) in [7, 11) is -2.07. The SMILES string of the molecule is CN1CCOc2ccc(S(=O)(=O)Nc3cc([N+](=O)[O-])ccc3Br)cc21. The Bertz CT molecular complexity index is 948. The van der Waals surface area contributed by atoms with E-state index in [0.29, 0.717) is 29.1 Å². The molecular formula is C15H14BrN3O5S. The number of nitro groups is 1. The average molecular weight is 428 g/mol. The normalized spacial score (nSPS) is 13.8. The van der Waals surface area contributed by atoms with Gasteiger partial charge in [-0.05, 0) is 40.2 Å². The molecule has 0 aromatic heterocycles. The van der Waals surface area contributed by atoms with Gasteiger partial charge in [-0.25, -0.2) is 8.42 Å². The molecule has 3 rings (SSSR count). The molecule has 1 heterocycles. The fourth-order valence-corrected chi connectivity index (χ4v) is 3.97. The molecule has 0 atom stereocenters. The smallest absolute Gasteiger partial charge is 0.271 e. The minimum atomic E-state index is -3.92. The van der Waals surface area contributed by atoms with Gasteiger partial charge in [0.05, 0.1) is 27.7 Å². The highest BCUT2D eigenvalue weighted by atomic mass is 79.9. The van der Waals surface area contributed by atoms with Gasteiger partial charge in [0.15, 0.2) is 0 Å². The second kappa shape index (κ2) is 6.52. The highest BCUT2D eigenvalue weighted by Crippen LogP contribution is 2.34.